The summed E-state index contributed by atoms with van der Waals surface area (Å²) in [6.45, 7) is 0. The van der Waals surface area contributed by atoms with E-state index >= 15 is 0 Å². The van der Waals surface area contributed by atoms with Crippen LogP contribution in [-0.2, 0) is 25.5 Å². The first-order valence-corrected chi connectivity index (χ1v) is 7.56. The molecule has 0 saturated heterocycles. The maximum Gasteiger partial charge on any atom is 0.341 e. The predicted molar refractivity (Wildman–Crippen MR) is 78.1 cm³/mol. The summed E-state index contributed by atoms with van der Waals surface area (Å²) < 4.78 is 9.54. The third-order valence-corrected chi connectivity index (χ3v) is 4.70. The summed E-state index contributed by atoms with van der Waals surface area (Å²) in [7, 11) is 2.56. The Kier molecular flexibility index (Phi) is 4.84. The molecule has 0 radical (unpaired) electrons. The van der Waals surface area contributed by atoms with Gasteiger partial charge in [-0.05, 0) is 18.4 Å². The van der Waals surface area contributed by atoms with Gasteiger partial charge in [-0.25, -0.2) is 4.79 Å². The number of alkyl halides is 1. The van der Waals surface area contributed by atoms with E-state index in [1.165, 1.54) is 25.6 Å². The molecule has 0 bridgehead atoms. The van der Waals surface area contributed by atoms with Crippen LogP contribution in [0.15, 0.2) is 0 Å². The lowest BCUT2D eigenvalue weighted by molar-refractivity contribution is -0.142. The number of hydrogen-bond acceptors (Lipinski definition) is 6. The highest BCUT2D eigenvalue weighted by atomic mass is 35.5. The zero-order valence-corrected chi connectivity index (χ0v) is 13.1. The summed E-state index contributed by atoms with van der Waals surface area (Å²) >= 11 is 6.73. The van der Waals surface area contributed by atoms with Gasteiger partial charge in [-0.2, -0.15) is 0 Å². The minimum atomic E-state index is -0.590. The predicted octanol–water partition coefficient (Wildman–Crippen LogP) is 1.91. The average molecular weight is 332 g/mol. The Morgan fingerprint density at radius 1 is 1.33 bits per heavy atom. The molecule has 0 aromatic carbocycles. The molecule has 0 unspecified atom stereocenters. The summed E-state index contributed by atoms with van der Waals surface area (Å²) in [5.74, 6) is -2.13. The number of esters is 2. The molecular weight excluding hydrogens is 318 g/mol. The molecule has 1 aliphatic rings. The van der Waals surface area contributed by atoms with Gasteiger partial charge in [-0.15, -0.1) is 22.9 Å². The van der Waals surface area contributed by atoms with Crippen LogP contribution in [0.4, 0.5) is 5.00 Å². The Morgan fingerprint density at radius 3 is 2.62 bits per heavy atom. The number of amides is 1. The van der Waals surface area contributed by atoms with Crippen molar-refractivity contribution in [1.82, 2.24) is 0 Å². The fraction of sp³-hybridized carbons (Fsp3) is 0.462. The smallest absolute Gasteiger partial charge is 0.341 e. The van der Waals surface area contributed by atoms with Gasteiger partial charge in [0.2, 0.25) is 5.91 Å². The molecule has 0 aliphatic heterocycles. The first kappa shape index (κ1) is 15.8. The molecule has 21 heavy (non-hydrogen) atoms. The van der Waals surface area contributed by atoms with Gasteiger partial charge in [-0.1, -0.05) is 0 Å². The van der Waals surface area contributed by atoms with E-state index in [2.05, 4.69) is 5.32 Å². The van der Waals surface area contributed by atoms with E-state index in [0.29, 0.717) is 23.4 Å². The third kappa shape index (κ3) is 2.89. The van der Waals surface area contributed by atoms with Gasteiger partial charge in [-0.3, -0.25) is 9.59 Å². The highest BCUT2D eigenvalue weighted by Crippen LogP contribution is 2.45. The standard InChI is InChI=1S/C13H14ClNO5S/c1-19-12(17)6-3-4-7-9(6)10(13(18)20-2)11(21-7)15-8(16)5-14/h6H,3-5H2,1-2H3,(H,15,16)/t6-/m1/s1. The first-order valence-electron chi connectivity index (χ1n) is 6.21. The van der Waals surface area contributed by atoms with Crippen LogP contribution in [0.1, 0.15) is 33.1 Å². The lowest BCUT2D eigenvalue weighted by Crippen LogP contribution is -2.18. The molecule has 6 nitrogen and oxygen atoms in total. The van der Waals surface area contributed by atoms with Crippen LogP contribution in [0.2, 0.25) is 0 Å². The summed E-state index contributed by atoms with van der Waals surface area (Å²) in [5.41, 5.74) is 0.826. The highest BCUT2D eigenvalue weighted by Gasteiger charge is 2.38. The Hall–Kier alpha value is -1.60. The van der Waals surface area contributed by atoms with Gasteiger partial charge in [0.25, 0.3) is 0 Å². The quantitative estimate of drug-likeness (QED) is 0.673. The zero-order valence-electron chi connectivity index (χ0n) is 11.5. The van der Waals surface area contributed by atoms with Gasteiger partial charge in [0.15, 0.2) is 0 Å². The number of aryl methyl sites for hydroxylation is 1. The van der Waals surface area contributed by atoms with E-state index in [0.717, 1.165) is 4.88 Å². The van der Waals surface area contributed by atoms with Gasteiger partial charge in [0.05, 0.1) is 25.7 Å². The van der Waals surface area contributed by atoms with Gasteiger partial charge < -0.3 is 14.8 Å². The minimum Gasteiger partial charge on any atom is -0.469 e. The molecule has 1 aromatic heterocycles. The molecule has 1 aromatic rings. The normalized spacial score (nSPS) is 16.2. The zero-order chi connectivity index (χ0) is 15.6. The van der Waals surface area contributed by atoms with Crippen molar-refractivity contribution in [3.63, 3.8) is 0 Å². The molecule has 114 valence electrons. The van der Waals surface area contributed by atoms with Crippen LogP contribution in [-0.4, -0.2) is 37.9 Å². The molecule has 0 spiro atoms. The largest absolute Gasteiger partial charge is 0.469 e. The number of methoxy groups -OCH3 is 2. The topological polar surface area (TPSA) is 81.7 Å². The molecule has 0 fully saturated rings. The fourth-order valence-corrected chi connectivity index (χ4v) is 3.74. The van der Waals surface area contributed by atoms with Crippen molar-refractivity contribution >= 4 is 45.8 Å². The molecule has 1 amide bonds. The second-order valence-electron chi connectivity index (χ2n) is 4.43. The van der Waals surface area contributed by atoms with E-state index in [-0.39, 0.29) is 11.4 Å². The van der Waals surface area contributed by atoms with Crippen LogP contribution in [0, 0.1) is 0 Å². The molecule has 2 rings (SSSR count). The second-order valence-corrected chi connectivity index (χ2v) is 5.80. The van der Waals surface area contributed by atoms with E-state index in [1.54, 1.807) is 0 Å². The number of rotatable bonds is 4. The lowest BCUT2D eigenvalue weighted by Gasteiger charge is -2.11. The maximum atomic E-state index is 12.0. The SMILES string of the molecule is COC(=O)c1c(NC(=O)CCl)sc2c1[C@H](C(=O)OC)CC2. The fourth-order valence-electron chi connectivity index (χ4n) is 2.40. The monoisotopic (exact) mass is 331 g/mol. The molecule has 1 N–H and O–H groups in total. The van der Waals surface area contributed by atoms with Crippen molar-refractivity contribution in [2.24, 2.45) is 0 Å². The number of fused-ring (bicyclic) bond motifs is 1. The summed E-state index contributed by atoms with van der Waals surface area (Å²) in [6, 6.07) is 0. The van der Waals surface area contributed by atoms with Crippen LogP contribution in [0.3, 0.4) is 0 Å². The molecular formula is C13H14ClNO5S. The van der Waals surface area contributed by atoms with Crippen molar-refractivity contribution in [1.29, 1.82) is 0 Å². The number of carbonyl (C=O) groups is 3. The molecule has 0 saturated carbocycles. The first-order chi connectivity index (χ1) is 10.0. The van der Waals surface area contributed by atoms with Crippen LogP contribution < -0.4 is 5.32 Å². The number of nitrogens with one attached hydrogen (secondary N) is 1. The van der Waals surface area contributed by atoms with Crippen LogP contribution in [0.5, 0.6) is 0 Å². The Morgan fingerprint density at radius 2 is 2.05 bits per heavy atom. The molecule has 1 heterocycles. The Bertz CT molecular complexity index is 598. The Balaban J connectivity index is 2.48. The Labute approximate surface area is 130 Å². The van der Waals surface area contributed by atoms with Crippen molar-refractivity contribution in [3.8, 4) is 0 Å². The summed E-state index contributed by atoms with van der Waals surface area (Å²) in [4.78, 5) is 36.2. The highest BCUT2D eigenvalue weighted by molar-refractivity contribution is 7.17. The van der Waals surface area contributed by atoms with Gasteiger partial charge in [0, 0.05) is 4.88 Å². The number of ether oxygens (including phenoxy) is 2. The van der Waals surface area contributed by atoms with Gasteiger partial charge in [0.1, 0.15) is 10.9 Å². The van der Waals surface area contributed by atoms with E-state index < -0.39 is 23.8 Å². The number of hydrogen-bond donors (Lipinski definition) is 1. The van der Waals surface area contributed by atoms with Crippen LogP contribution in [0.25, 0.3) is 0 Å². The van der Waals surface area contributed by atoms with Gasteiger partial charge >= 0.3 is 11.9 Å². The minimum absolute atomic E-state index is 0.219. The number of anilines is 1. The molecule has 8 heteroatoms. The average Bonchev–Trinajstić information content (AvgIpc) is 3.03. The van der Waals surface area contributed by atoms with E-state index in [9.17, 15) is 14.4 Å². The third-order valence-electron chi connectivity index (χ3n) is 3.28. The van der Waals surface area contributed by atoms with E-state index in [1.807, 2.05) is 0 Å². The molecule has 1 atom stereocenters. The van der Waals surface area contributed by atoms with Crippen molar-refractivity contribution in [3.05, 3.63) is 16.0 Å². The van der Waals surface area contributed by atoms with Crippen molar-refractivity contribution in [2.75, 3.05) is 25.4 Å². The number of carbonyl (C=O) groups excluding carboxylic acids is 3. The van der Waals surface area contributed by atoms with Crippen LogP contribution >= 0.6 is 22.9 Å². The molecule has 1 aliphatic carbocycles. The number of halogens is 1. The van der Waals surface area contributed by atoms with Crippen molar-refractivity contribution < 1.29 is 23.9 Å². The maximum absolute atomic E-state index is 12.0. The lowest BCUT2D eigenvalue weighted by atomic mass is 9.99. The second kappa shape index (κ2) is 6.44. The number of thiophene rings is 1. The summed E-state index contributed by atoms with van der Waals surface area (Å²) in [6.07, 6.45) is 1.24. The van der Waals surface area contributed by atoms with E-state index in [4.69, 9.17) is 21.1 Å². The summed E-state index contributed by atoms with van der Waals surface area (Å²) in [5, 5.41) is 2.94. The van der Waals surface area contributed by atoms with Crippen molar-refractivity contribution in [2.45, 2.75) is 18.8 Å².